The highest BCUT2D eigenvalue weighted by molar-refractivity contribution is 6.07. The molecule has 1 heterocycles. The number of carbonyl (C=O) groups excluding carboxylic acids is 3. The molecule has 2 aromatic rings. The Morgan fingerprint density at radius 1 is 1.15 bits per heavy atom. The molecule has 1 aliphatic heterocycles. The molecule has 8 heteroatoms. The van der Waals surface area contributed by atoms with Crippen LogP contribution in [-0.2, 0) is 21.6 Å². The van der Waals surface area contributed by atoms with Crippen LogP contribution in [-0.4, -0.2) is 29.9 Å². The summed E-state index contributed by atoms with van der Waals surface area (Å²) in [6.07, 6.45) is 0. The smallest absolute Gasteiger partial charge is 0.337 e. The number of nitrogens with zero attached hydrogens (tertiary/aromatic N) is 1. The Bertz CT molecular complexity index is 947. The topological polar surface area (TPSA) is 75.7 Å². The average Bonchev–Trinajstić information content (AvgIpc) is 2.87. The third-order valence-electron chi connectivity index (χ3n) is 4.46. The zero-order chi connectivity index (χ0) is 19.8. The van der Waals surface area contributed by atoms with Crippen LogP contribution in [0.15, 0.2) is 42.5 Å². The zero-order valence-corrected chi connectivity index (χ0v) is 14.6. The molecule has 1 N–H and O–H groups in total. The number of carbonyl (C=O) groups is 3. The van der Waals surface area contributed by atoms with Crippen LogP contribution in [0.4, 0.5) is 13.6 Å². The number of esters is 1. The number of hydrogen-bond acceptors (Lipinski definition) is 4. The summed E-state index contributed by atoms with van der Waals surface area (Å²) in [5.41, 5.74) is -0.571. The first-order chi connectivity index (χ1) is 12.8. The second-order valence-electron chi connectivity index (χ2n) is 6.27. The van der Waals surface area contributed by atoms with E-state index in [0.717, 1.165) is 17.0 Å². The Hall–Kier alpha value is -3.29. The van der Waals surface area contributed by atoms with E-state index < -0.39 is 35.1 Å². The first-order valence-electron chi connectivity index (χ1n) is 8.03. The molecule has 0 aliphatic carbocycles. The fraction of sp³-hybridized carbons (Fsp3) is 0.211. The number of nitrogens with one attached hydrogen (secondary N) is 1. The van der Waals surface area contributed by atoms with Gasteiger partial charge in [0.25, 0.3) is 5.91 Å². The van der Waals surface area contributed by atoms with Crippen molar-refractivity contribution in [2.75, 3.05) is 7.11 Å². The van der Waals surface area contributed by atoms with Gasteiger partial charge >= 0.3 is 12.0 Å². The molecule has 1 unspecified atom stereocenters. The number of halogens is 2. The maximum Gasteiger partial charge on any atom is 0.337 e. The summed E-state index contributed by atoms with van der Waals surface area (Å²) in [6, 6.07) is 8.68. The van der Waals surface area contributed by atoms with E-state index in [-0.39, 0.29) is 17.7 Å². The van der Waals surface area contributed by atoms with Crippen molar-refractivity contribution in [2.45, 2.75) is 19.0 Å². The Balaban J connectivity index is 1.88. The van der Waals surface area contributed by atoms with Crippen molar-refractivity contribution < 1.29 is 27.9 Å². The summed E-state index contributed by atoms with van der Waals surface area (Å²) >= 11 is 0. The minimum Gasteiger partial charge on any atom is -0.465 e. The molecule has 6 nitrogen and oxygen atoms in total. The minimum absolute atomic E-state index is 0.0885. The van der Waals surface area contributed by atoms with Crippen LogP contribution in [0.25, 0.3) is 0 Å². The highest BCUT2D eigenvalue weighted by Crippen LogP contribution is 2.30. The predicted molar refractivity (Wildman–Crippen MR) is 90.6 cm³/mol. The van der Waals surface area contributed by atoms with Crippen LogP contribution in [0.1, 0.15) is 28.4 Å². The van der Waals surface area contributed by atoms with Gasteiger partial charge in [-0.1, -0.05) is 18.2 Å². The maximum atomic E-state index is 13.6. The van der Waals surface area contributed by atoms with E-state index in [0.29, 0.717) is 5.56 Å². The monoisotopic (exact) mass is 374 g/mol. The van der Waals surface area contributed by atoms with E-state index >= 15 is 0 Å². The van der Waals surface area contributed by atoms with Crippen LogP contribution >= 0.6 is 0 Å². The van der Waals surface area contributed by atoms with Gasteiger partial charge < -0.3 is 10.1 Å². The van der Waals surface area contributed by atoms with Gasteiger partial charge in [0.2, 0.25) is 0 Å². The summed E-state index contributed by atoms with van der Waals surface area (Å²) in [5.74, 6) is -3.31. The molecule has 0 saturated carbocycles. The lowest BCUT2D eigenvalue weighted by molar-refractivity contribution is -0.131. The van der Waals surface area contributed by atoms with Crippen molar-refractivity contribution in [1.29, 1.82) is 0 Å². The van der Waals surface area contributed by atoms with Gasteiger partial charge in [0.1, 0.15) is 5.54 Å². The normalized spacial score (nSPS) is 19.2. The molecule has 3 amide bonds. The molecule has 27 heavy (non-hydrogen) atoms. The van der Waals surface area contributed by atoms with E-state index in [9.17, 15) is 23.2 Å². The summed E-state index contributed by atoms with van der Waals surface area (Å²) in [7, 11) is 1.25. The molecular weight excluding hydrogens is 358 g/mol. The minimum atomic E-state index is -1.52. The van der Waals surface area contributed by atoms with E-state index in [4.69, 9.17) is 0 Å². The molecule has 1 fully saturated rings. The Morgan fingerprint density at radius 2 is 1.89 bits per heavy atom. The Morgan fingerprint density at radius 3 is 2.56 bits per heavy atom. The molecule has 2 aromatic carbocycles. The summed E-state index contributed by atoms with van der Waals surface area (Å²) < 4.78 is 31.4. The Kier molecular flexibility index (Phi) is 4.65. The van der Waals surface area contributed by atoms with Crippen molar-refractivity contribution >= 4 is 17.9 Å². The summed E-state index contributed by atoms with van der Waals surface area (Å²) in [6.45, 7) is 1.33. The lowest BCUT2D eigenvalue weighted by Gasteiger charge is -2.22. The SMILES string of the molecule is COC(=O)c1cccc(CN2C(=O)NC(C)(c3ccc(F)c(F)c3)C2=O)c1. The van der Waals surface area contributed by atoms with Crippen LogP contribution in [0, 0.1) is 11.6 Å². The van der Waals surface area contributed by atoms with E-state index in [1.54, 1.807) is 18.2 Å². The first-order valence-corrected chi connectivity index (χ1v) is 8.03. The van der Waals surface area contributed by atoms with Crippen molar-refractivity contribution in [3.63, 3.8) is 0 Å². The molecule has 3 rings (SSSR count). The van der Waals surface area contributed by atoms with Crippen LogP contribution < -0.4 is 5.32 Å². The lowest BCUT2D eigenvalue weighted by atomic mass is 9.92. The van der Waals surface area contributed by atoms with Crippen LogP contribution in [0.3, 0.4) is 0 Å². The average molecular weight is 374 g/mol. The molecule has 1 aliphatic rings. The van der Waals surface area contributed by atoms with E-state index in [1.807, 2.05) is 0 Å². The molecule has 0 spiro atoms. The molecular formula is C19H16F2N2O4. The number of methoxy groups -OCH3 is 1. The largest absolute Gasteiger partial charge is 0.465 e. The third kappa shape index (κ3) is 3.25. The Labute approximate surface area is 153 Å². The van der Waals surface area contributed by atoms with E-state index in [2.05, 4.69) is 10.1 Å². The number of hydrogen-bond donors (Lipinski definition) is 1. The van der Waals surface area contributed by atoms with Gasteiger partial charge in [-0.05, 0) is 42.3 Å². The highest BCUT2D eigenvalue weighted by Gasteiger charge is 2.49. The fourth-order valence-electron chi connectivity index (χ4n) is 2.94. The molecule has 0 radical (unpaired) electrons. The number of urea groups is 1. The van der Waals surface area contributed by atoms with Crippen molar-refractivity contribution in [1.82, 2.24) is 10.2 Å². The van der Waals surface area contributed by atoms with Crippen LogP contribution in [0.2, 0.25) is 0 Å². The molecule has 140 valence electrons. The lowest BCUT2D eigenvalue weighted by Crippen LogP contribution is -2.41. The van der Waals surface area contributed by atoms with Gasteiger partial charge in [-0.15, -0.1) is 0 Å². The molecule has 0 aromatic heterocycles. The number of imide groups is 1. The highest BCUT2D eigenvalue weighted by atomic mass is 19.2. The first kappa shape index (κ1) is 18.5. The molecule has 0 bridgehead atoms. The molecule has 1 atom stereocenters. The van der Waals surface area contributed by atoms with Gasteiger partial charge in [-0.3, -0.25) is 9.69 Å². The number of rotatable bonds is 4. The van der Waals surface area contributed by atoms with Crippen molar-refractivity contribution in [3.8, 4) is 0 Å². The summed E-state index contributed by atoms with van der Waals surface area (Å²) in [5, 5.41) is 2.52. The quantitative estimate of drug-likeness (QED) is 0.660. The molecule has 1 saturated heterocycles. The number of amides is 3. The van der Waals surface area contributed by atoms with Gasteiger partial charge in [-0.2, -0.15) is 0 Å². The predicted octanol–water partition coefficient (Wildman–Crippen LogP) is 2.72. The van der Waals surface area contributed by atoms with Gasteiger partial charge in [0.15, 0.2) is 11.6 Å². The van der Waals surface area contributed by atoms with Crippen molar-refractivity contribution in [2.24, 2.45) is 0 Å². The number of benzene rings is 2. The second kappa shape index (κ2) is 6.79. The van der Waals surface area contributed by atoms with E-state index in [1.165, 1.54) is 26.2 Å². The van der Waals surface area contributed by atoms with Crippen LogP contribution in [0.5, 0.6) is 0 Å². The van der Waals surface area contributed by atoms with Crippen molar-refractivity contribution in [3.05, 3.63) is 70.8 Å². The third-order valence-corrected chi connectivity index (χ3v) is 4.46. The zero-order valence-electron chi connectivity index (χ0n) is 14.6. The standard InChI is InChI=1S/C19H16F2N2O4/c1-19(13-6-7-14(20)15(21)9-13)17(25)23(18(26)22-19)10-11-4-3-5-12(8-11)16(24)27-2/h3-9H,10H2,1-2H3,(H,22,26). The number of ether oxygens (including phenoxy) is 1. The van der Waals surface area contributed by atoms with Gasteiger partial charge in [0, 0.05) is 0 Å². The maximum absolute atomic E-state index is 13.6. The fourth-order valence-corrected chi connectivity index (χ4v) is 2.94. The summed E-state index contributed by atoms with van der Waals surface area (Å²) in [4.78, 5) is 37.8. The second-order valence-corrected chi connectivity index (χ2v) is 6.27. The van der Waals surface area contributed by atoms with Gasteiger partial charge in [-0.25, -0.2) is 18.4 Å². The van der Waals surface area contributed by atoms with Gasteiger partial charge in [0.05, 0.1) is 19.2 Å².